The number of aromatic nitrogens is 1. The van der Waals surface area contributed by atoms with Crippen LogP contribution in [-0.4, -0.2) is 24.6 Å². The van der Waals surface area contributed by atoms with Crippen molar-refractivity contribution in [3.8, 4) is 0 Å². The highest BCUT2D eigenvalue weighted by Gasteiger charge is 2.04. The summed E-state index contributed by atoms with van der Waals surface area (Å²) in [6.45, 7) is 2.73. The van der Waals surface area contributed by atoms with Gasteiger partial charge in [0, 0.05) is 19.3 Å². The van der Waals surface area contributed by atoms with Crippen LogP contribution in [0.25, 0.3) is 0 Å². The molecule has 2 heterocycles. The van der Waals surface area contributed by atoms with E-state index in [1.165, 1.54) is 11.6 Å². The fourth-order valence-corrected chi connectivity index (χ4v) is 1.75. The van der Waals surface area contributed by atoms with Crippen LogP contribution < -0.4 is 10.6 Å². The van der Waals surface area contributed by atoms with Crippen LogP contribution in [-0.2, 0) is 0 Å². The van der Waals surface area contributed by atoms with E-state index in [4.69, 9.17) is 0 Å². The lowest BCUT2D eigenvalue weighted by Gasteiger charge is -2.14. The Hall–Kier alpha value is -1.42. The Bertz CT molecular complexity index is 376. The van der Waals surface area contributed by atoms with E-state index in [2.05, 4.69) is 21.7 Å². The minimum absolute atomic E-state index is 0.290. The van der Waals surface area contributed by atoms with E-state index >= 15 is 0 Å². The second kappa shape index (κ2) is 5.61. The molecule has 0 unspecified atom stereocenters. The lowest BCUT2D eigenvalue weighted by molar-refractivity contribution is 0.623. The summed E-state index contributed by atoms with van der Waals surface area (Å²) >= 11 is 0. The van der Waals surface area contributed by atoms with Crippen LogP contribution in [0.1, 0.15) is 12.8 Å². The van der Waals surface area contributed by atoms with E-state index < -0.39 is 0 Å². The Balaban J connectivity index is 1.80. The SMILES string of the molecule is Fc1cccnc1NCCC1=CCNCC1. The van der Waals surface area contributed by atoms with Crippen molar-refractivity contribution in [2.45, 2.75) is 12.8 Å². The molecule has 0 aromatic carbocycles. The summed E-state index contributed by atoms with van der Waals surface area (Å²) in [6.07, 6.45) is 5.85. The third-order valence-electron chi connectivity index (χ3n) is 2.66. The first-order valence-electron chi connectivity index (χ1n) is 5.59. The molecule has 3 nitrogen and oxygen atoms in total. The normalized spacial score (nSPS) is 15.7. The zero-order valence-electron chi connectivity index (χ0n) is 9.17. The van der Waals surface area contributed by atoms with Gasteiger partial charge < -0.3 is 10.6 Å². The predicted molar refractivity (Wildman–Crippen MR) is 62.9 cm³/mol. The second-order valence-corrected chi connectivity index (χ2v) is 3.83. The largest absolute Gasteiger partial charge is 0.367 e. The van der Waals surface area contributed by atoms with E-state index in [1.807, 2.05) is 0 Å². The highest BCUT2D eigenvalue weighted by Crippen LogP contribution is 2.12. The Kier molecular flexibility index (Phi) is 3.88. The van der Waals surface area contributed by atoms with Crippen LogP contribution >= 0.6 is 0 Å². The van der Waals surface area contributed by atoms with E-state index in [-0.39, 0.29) is 5.82 Å². The third kappa shape index (κ3) is 3.03. The molecule has 2 rings (SSSR count). The van der Waals surface area contributed by atoms with Gasteiger partial charge in [0.25, 0.3) is 0 Å². The van der Waals surface area contributed by atoms with Gasteiger partial charge in [0.15, 0.2) is 11.6 Å². The number of pyridine rings is 1. The van der Waals surface area contributed by atoms with Crippen molar-refractivity contribution in [1.82, 2.24) is 10.3 Å². The average Bonchev–Trinajstić information content (AvgIpc) is 2.33. The summed E-state index contributed by atoms with van der Waals surface area (Å²) in [5, 5.41) is 6.28. The third-order valence-corrected chi connectivity index (χ3v) is 2.66. The molecule has 0 atom stereocenters. The number of nitrogens with zero attached hydrogens (tertiary/aromatic N) is 1. The minimum Gasteiger partial charge on any atom is -0.367 e. The van der Waals surface area contributed by atoms with Crippen LogP contribution in [0.5, 0.6) is 0 Å². The molecule has 0 fully saturated rings. The maximum Gasteiger partial charge on any atom is 0.165 e. The van der Waals surface area contributed by atoms with Gasteiger partial charge in [-0.15, -0.1) is 0 Å². The number of rotatable bonds is 4. The molecule has 1 aliphatic heterocycles. The molecular weight excluding hydrogens is 205 g/mol. The van der Waals surface area contributed by atoms with Crippen LogP contribution in [0.4, 0.5) is 10.2 Å². The van der Waals surface area contributed by atoms with E-state index in [9.17, 15) is 4.39 Å². The van der Waals surface area contributed by atoms with Gasteiger partial charge in [0.05, 0.1) is 0 Å². The molecule has 0 aliphatic carbocycles. The van der Waals surface area contributed by atoms with Crippen molar-refractivity contribution in [2.75, 3.05) is 25.0 Å². The quantitative estimate of drug-likeness (QED) is 0.763. The fourth-order valence-electron chi connectivity index (χ4n) is 1.75. The van der Waals surface area contributed by atoms with Crippen molar-refractivity contribution in [3.05, 3.63) is 35.8 Å². The van der Waals surface area contributed by atoms with Crippen molar-refractivity contribution in [2.24, 2.45) is 0 Å². The van der Waals surface area contributed by atoms with E-state index in [0.717, 1.165) is 32.5 Å². The van der Waals surface area contributed by atoms with Crippen molar-refractivity contribution >= 4 is 5.82 Å². The smallest absolute Gasteiger partial charge is 0.165 e. The summed E-state index contributed by atoms with van der Waals surface area (Å²) in [5.74, 6) is 0.0545. The molecule has 86 valence electrons. The summed E-state index contributed by atoms with van der Waals surface area (Å²) in [5.41, 5.74) is 1.43. The molecule has 0 radical (unpaired) electrons. The highest BCUT2D eigenvalue weighted by atomic mass is 19.1. The first-order valence-corrected chi connectivity index (χ1v) is 5.59. The van der Waals surface area contributed by atoms with E-state index in [0.29, 0.717) is 5.82 Å². The van der Waals surface area contributed by atoms with Crippen molar-refractivity contribution in [3.63, 3.8) is 0 Å². The van der Waals surface area contributed by atoms with Gasteiger partial charge in [-0.3, -0.25) is 0 Å². The molecule has 16 heavy (non-hydrogen) atoms. The number of hydrogen-bond acceptors (Lipinski definition) is 3. The molecule has 0 bridgehead atoms. The Morgan fingerprint density at radius 2 is 2.44 bits per heavy atom. The number of anilines is 1. The Morgan fingerprint density at radius 1 is 1.50 bits per heavy atom. The zero-order valence-corrected chi connectivity index (χ0v) is 9.17. The Morgan fingerprint density at radius 3 is 3.19 bits per heavy atom. The van der Waals surface area contributed by atoms with Gasteiger partial charge in [-0.05, 0) is 31.5 Å². The molecule has 4 heteroatoms. The van der Waals surface area contributed by atoms with Gasteiger partial charge in [-0.25, -0.2) is 9.37 Å². The van der Waals surface area contributed by atoms with Gasteiger partial charge in [0.2, 0.25) is 0 Å². The lowest BCUT2D eigenvalue weighted by Crippen LogP contribution is -2.21. The number of halogens is 1. The van der Waals surface area contributed by atoms with Crippen LogP contribution in [0.3, 0.4) is 0 Å². The molecule has 0 saturated heterocycles. The van der Waals surface area contributed by atoms with Gasteiger partial charge in [-0.2, -0.15) is 0 Å². The molecule has 1 aromatic rings. The maximum atomic E-state index is 13.2. The Labute approximate surface area is 94.8 Å². The zero-order chi connectivity index (χ0) is 11.2. The molecule has 2 N–H and O–H groups in total. The summed E-state index contributed by atoms with van der Waals surface area (Å²) in [7, 11) is 0. The summed E-state index contributed by atoms with van der Waals surface area (Å²) in [4.78, 5) is 3.94. The molecule has 1 aromatic heterocycles. The van der Waals surface area contributed by atoms with Gasteiger partial charge in [0.1, 0.15) is 0 Å². The fraction of sp³-hybridized carbons (Fsp3) is 0.417. The first kappa shape index (κ1) is 11.1. The van der Waals surface area contributed by atoms with Crippen LogP contribution in [0.2, 0.25) is 0 Å². The van der Waals surface area contributed by atoms with Crippen LogP contribution in [0.15, 0.2) is 30.0 Å². The molecule has 0 saturated carbocycles. The topological polar surface area (TPSA) is 37.0 Å². The number of nitrogens with one attached hydrogen (secondary N) is 2. The standard InChI is InChI=1S/C12H16FN3/c13-11-2-1-6-15-12(11)16-9-5-10-3-7-14-8-4-10/h1-3,6,14H,4-5,7-9H2,(H,15,16). The first-order chi connectivity index (χ1) is 7.86. The predicted octanol–water partition coefficient (Wildman–Crippen LogP) is 1.94. The van der Waals surface area contributed by atoms with Gasteiger partial charge >= 0.3 is 0 Å². The summed E-state index contributed by atoms with van der Waals surface area (Å²) in [6, 6.07) is 3.01. The average molecular weight is 221 g/mol. The minimum atomic E-state index is -0.290. The number of hydrogen-bond donors (Lipinski definition) is 2. The van der Waals surface area contributed by atoms with Crippen molar-refractivity contribution < 1.29 is 4.39 Å². The lowest BCUT2D eigenvalue weighted by atomic mass is 10.1. The van der Waals surface area contributed by atoms with E-state index in [1.54, 1.807) is 12.3 Å². The summed E-state index contributed by atoms with van der Waals surface area (Å²) < 4.78 is 13.2. The van der Waals surface area contributed by atoms with Gasteiger partial charge in [-0.1, -0.05) is 11.6 Å². The molecular formula is C12H16FN3. The highest BCUT2D eigenvalue weighted by molar-refractivity contribution is 5.35. The molecule has 1 aliphatic rings. The maximum absolute atomic E-state index is 13.2. The second-order valence-electron chi connectivity index (χ2n) is 3.83. The van der Waals surface area contributed by atoms with Crippen molar-refractivity contribution in [1.29, 1.82) is 0 Å². The molecule has 0 amide bonds. The monoisotopic (exact) mass is 221 g/mol. The van der Waals surface area contributed by atoms with Crippen LogP contribution in [0, 0.1) is 5.82 Å². The molecule has 0 spiro atoms.